The molecule has 7 nitrogen and oxygen atoms in total. The predicted molar refractivity (Wildman–Crippen MR) is 57.3 cm³/mol. The van der Waals surface area contributed by atoms with E-state index in [-0.39, 0.29) is 30.9 Å². The summed E-state index contributed by atoms with van der Waals surface area (Å²) in [6.45, 7) is -0.120. The third-order valence-electron chi connectivity index (χ3n) is 1.97. The summed E-state index contributed by atoms with van der Waals surface area (Å²) in [5, 5.41) is 28.2. The molecule has 7 heteroatoms. The molecule has 0 aliphatic heterocycles. The molecule has 2 N–H and O–H groups in total. The van der Waals surface area contributed by atoms with E-state index in [9.17, 15) is 14.9 Å². The summed E-state index contributed by atoms with van der Waals surface area (Å²) in [6.07, 6.45) is 0.269. The van der Waals surface area contributed by atoms with Crippen molar-refractivity contribution in [1.29, 1.82) is 0 Å². The quantitative estimate of drug-likeness (QED) is 0.437. The zero-order valence-electron chi connectivity index (χ0n) is 8.83. The molecule has 0 saturated carbocycles. The number of nitrogens with zero attached hydrogens (tertiary/aromatic N) is 1. The number of aliphatic hydroxyl groups is 1. The Labute approximate surface area is 96.4 Å². The standard InChI is InChI=1S/C10H11NO6/c12-5-2-6-17-9-7(10(13)14)3-1-4-8(9)11(15)16/h1,3-4,12H,2,5-6H2,(H,13,14). The van der Waals surface area contributed by atoms with Gasteiger partial charge in [0.25, 0.3) is 0 Å². The van der Waals surface area contributed by atoms with Crippen LogP contribution in [0.4, 0.5) is 5.69 Å². The summed E-state index contributed by atoms with van der Waals surface area (Å²) >= 11 is 0. The molecule has 0 fully saturated rings. The molecule has 0 radical (unpaired) electrons. The molecule has 0 unspecified atom stereocenters. The van der Waals surface area contributed by atoms with Gasteiger partial charge in [0.15, 0.2) is 0 Å². The van der Waals surface area contributed by atoms with E-state index in [0.717, 1.165) is 0 Å². The van der Waals surface area contributed by atoms with E-state index in [1.165, 1.54) is 18.2 Å². The molecule has 0 amide bonds. The number of nitro groups is 1. The van der Waals surface area contributed by atoms with E-state index in [4.69, 9.17) is 14.9 Å². The van der Waals surface area contributed by atoms with Crippen LogP contribution in [-0.2, 0) is 0 Å². The van der Waals surface area contributed by atoms with E-state index in [1.54, 1.807) is 0 Å². The van der Waals surface area contributed by atoms with Crippen LogP contribution in [0.1, 0.15) is 16.8 Å². The van der Waals surface area contributed by atoms with Gasteiger partial charge in [-0.05, 0) is 6.07 Å². The van der Waals surface area contributed by atoms with Crippen LogP contribution in [0.25, 0.3) is 0 Å². The molecule has 1 aromatic carbocycles. The summed E-state index contributed by atoms with van der Waals surface area (Å²) < 4.78 is 5.05. The van der Waals surface area contributed by atoms with Crippen LogP contribution in [0.15, 0.2) is 18.2 Å². The Morgan fingerprint density at radius 1 is 1.47 bits per heavy atom. The van der Waals surface area contributed by atoms with Gasteiger partial charge in [-0.1, -0.05) is 6.07 Å². The van der Waals surface area contributed by atoms with Crippen LogP contribution in [0.2, 0.25) is 0 Å². The van der Waals surface area contributed by atoms with E-state index < -0.39 is 16.6 Å². The number of carbonyl (C=O) groups is 1. The van der Waals surface area contributed by atoms with Crippen molar-refractivity contribution in [3.8, 4) is 5.75 Å². The van der Waals surface area contributed by atoms with Gasteiger partial charge < -0.3 is 14.9 Å². The molecular weight excluding hydrogens is 230 g/mol. The van der Waals surface area contributed by atoms with Crippen molar-refractivity contribution in [3.63, 3.8) is 0 Å². The molecule has 17 heavy (non-hydrogen) atoms. The maximum Gasteiger partial charge on any atom is 0.339 e. The molecule has 0 aliphatic rings. The minimum absolute atomic E-state index is 0.0155. The van der Waals surface area contributed by atoms with Gasteiger partial charge >= 0.3 is 11.7 Å². The number of hydrogen-bond donors (Lipinski definition) is 2. The molecular formula is C10H11NO6. The molecule has 0 heterocycles. The van der Waals surface area contributed by atoms with Gasteiger partial charge in [-0.15, -0.1) is 0 Å². The fourth-order valence-corrected chi connectivity index (χ4v) is 1.23. The summed E-state index contributed by atoms with van der Waals surface area (Å²) in [7, 11) is 0. The van der Waals surface area contributed by atoms with Gasteiger partial charge in [-0.3, -0.25) is 10.1 Å². The van der Waals surface area contributed by atoms with E-state index in [1.807, 2.05) is 0 Å². The van der Waals surface area contributed by atoms with Crippen molar-refractivity contribution < 1.29 is 24.7 Å². The molecule has 92 valence electrons. The highest BCUT2D eigenvalue weighted by Crippen LogP contribution is 2.30. The monoisotopic (exact) mass is 241 g/mol. The van der Waals surface area contributed by atoms with Gasteiger partial charge in [0.05, 0.1) is 11.5 Å². The second kappa shape index (κ2) is 5.80. The minimum Gasteiger partial charge on any atom is -0.486 e. The molecule has 0 aromatic heterocycles. The normalized spacial score (nSPS) is 9.94. The van der Waals surface area contributed by atoms with Crippen LogP contribution >= 0.6 is 0 Å². The van der Waals surface area contributed by atoms with Crippen molar-refractivity contribution in [1.82, 2.24) is 0 Å². The van der Waals surface area contributed by atoms with Gasteiger partial charge in [-0.2, -0.15) is 0 Å². The molecule has 0 spiro atoms. The maximum atomic E-state index is 10.9. The van der Waals surface area contributed by atoms with E-state index in [0.29, 0.717) is 0 Å². The molecule has 0 bridgehead atoms. The van der Waals surface area contributed by atoms with E-state index in [2.05, 4.69) is 0 Å². The van der Waals surface area contributed by atoms with Crippen molar-refractivity contribution in [3.05, 3.63) is 33.9 Å². The van der Waals surface area contributed by atoms with Gasteiger partial charge in [0.1, 0.15) is 5.56 Å². The van der Waals surface area contributed by atoms with Crippen LogP contribution in [0.3, 0.4) is 0 Å². The first-order chi connectivity index (χ1) is 8.07. The summed E-state index contributed by atoms with van der Waals surface area (Å²) in [6, 6.07) is 3.67. The number of hydrogen-bond acceptors (Lipinski definition) is 5. The Morgan fingerprint density at radius 3 is 2.71 bits per heavy atom. The highest BCUT2D eigenvalue weighted by molar-refractivity contribution is 5.92. The Bertz CT molecular complexity index is 399. The Hall–Kier alpha value is -2.15. The van der Waals surface area contributed by atoms with Crippen LogP contribution in [0, 0.1) is 10.1 Å². The fraction of sp³-hybridized carbons (Fsp3) is 0.300. The number of ether oxygens (including phenoxy) is 1. The minimum atomic E-state index is -1.30. The van der Waals surface area contributed by atoms with Crippen molar-refractivity contribution >= 4 is 11.7 Å². The molecule has 1 aromatic rings. The lowest BCUT2D eigenvalue weighted by Crippen LogP contribution is -2.07. The topological polar surface area (TPSA) is 110 Å². The SMILES string of the molecule is O=C(O)c1cccc([N+](=O)[O-])c1OCCCO. The zero-order chi connectivity index (χ0) is 12.8. The summed E-state index contributed by atoms with van der Waals surface area (Å²) in [4.78, 5) is 20.9. The second-order valence-electron chi connectivity index (χ2n) is 3.14. The maximum absolute atomic E-state index is 10.9. The number of rotatable bonds is 6. The highest BCUT2D eigenvalue weighted by Gasteiger charge is 2.22. The predicted octanol–water partition coefficient (Wildman–Crippen LogP) is 1.05. The Balaban J connectivity index is 3.10. The lowest BCUT2D eigenvalue weighted by atomic mass is 10.1. The van der Waals surface area contributed by atoms with Gasteiger partial charge in [0.2, 0.25) is 5.75 Å². The smallest absolute Gasteiger partial charge is 0.339 e. The van der Waals surface area contributed by atoms with Crippen molar-refractivity contribution in [2.45, 2.75) is 6.42 Å². The first kappa shape index (κ1) is 12.9. The fourth-order valence-electron chi connectivity index (χ4n) is 1.23. The molecule has 1 rings (SSSR count). The zero-order valence-corrected chi connectivity index (χ0v) is 8.83. The Kier molecular flexibility index (Phi) is 4.41. The number of para-hydroxylation sites is 1. The molecule has 0 atom stereocenters. The van der Waals surface area contributed by atoms with Crippen LogP contribution in [0.5, 0.6) is 5.75 Å². The first-order valence-corrected chi connectivity index (χ1v) is 4.82. The lowest BCUT2D eigenvalue weighted by Gasteiger charge is -2.08. The van der Waals surface area contributed by atoms with Crippen LogP contribution in [-0.4, -0.2) is 34.3 Å². The van der Waals surface area contributed by atoms with Gasteiger partial charge in [-0.25, -0.2) is 4.79 Å². The average molecular weight is 241 g/mol. The third kappa shape index (κ3) is 3.15. The number of carboxylic acids is 1. The molecule has 0 saturated heterocycles. The number of carboxylic acid groups (broad SMARTS) is 1. The van der Waals surface area contributed by atoms with Crippen molar-refractivity contribution in [2.24, 2.45) is 0 Å². The number of aromatic carboxylic acids is 1. The van der Waals surface area contributed by atoms with Crippen LogP contribution < -0.4 is 4.74 Å². The number of aliphatic hydroxyl groups excluding tert-OH is 1. The number of benzene rings is 1. The largest absolute Gasteiger partial charge is 0.486 e. The van der Waals surface area contributed by atoms with E-state index >= 15 is 0 Å². The summed E-state index contributed by atoms with van der Waals surface area (Å²) in [5.74, 6) is -1.58. The summed E-state index contributed by atoms with van der Waals surface area (Å²) in [5.41, 5.74) is -0.667. The average Bonchev–Trinajstić information content (AvgIpc) is 2.28. The Morgan fingerprint density at radius 2 is 2.18 bits per heavy atom. The first-order valence-electron chi connectivity index (χ1n) is 4.82. The highest BCUT2D eigenvalue weighted by atomic mass is 16.6. The second-order valence-corrected chi connectivity index (χ2v) is 3.14. The third-order valence-corrected chi connectivity index (χ3v) is 1.97. The number of nitro benzene ring substituents is 1. The van der Waals surface area contributed by atoms with Gasteiger partial charge in [0, 0.05) is 19.1 Å². The lowest BCUT2D eigenvalue weighted by molar-refractivity contribution is -0.385. The van der Waals surface area contributed by atoms with Crippen molar-refractivity contribution in [2.75, 3.05) is 13.2 Å². The molecule has 0 aliphatic carbocycles.